The van der Waals surface area contributed by atoms with Crippen LogP contribution in [0.5, 0.6) is 5.75 Å². The van der Waals surface area contributed by atoms with Crippen molar-refractivity contribution in [3.8, 4) is 17.0 Å². The molecule has 4 aromatic rings. The van der Waals surface area contributed by atoms with Crippen LogP contribution in [0.25, 0.3) is 22.3 Å². The summed E-state index contributed by atoms with van der Waals surface area (Å²) >= 11 is 0. The van der Waals surface area contributed by atoms with Crippen LogP contribution in [0.4, 0.5) is 11.5 Å². The summed E-state index contributed by atoms with van der Waals surface area (Å²) in [5, 5.41) is 8.81. The molecule has 7 rings (SSSR count). The maximum absolute atomic E-state index is 13.0. The van der Waals surface area contributed by atoms with E-state index in [0.29, 0.717) is 22.9 Å². The number of methoxy groups -OCH3 is 1. The number of anilines is 2. The Balaban J connectivity index is 1.17. The fourth-order valence-electron chi connectivity index (χ4n) is 5.94. The first-order valence-electron chi connectivity index (χ1n) is 13.2. The minimum Gasteiger partial charge on any atom is -0.495 e. The Morgan fingerprint density at radius 2 is 1.95 bits per heavy atom. The number of benzene rings is 2. The van der Waals surface area contributed by atoms with Gasteiger partial charge in [-0.2, -0.15) is 5.10 Å². The van der Waals surface area contributed by atoms with E-state index in [4.69, 9.17) is 20.3 Å². The van der Waals surface area contributed by atoms with Crippen LogP contribution in [0.1, 0.15) is 49.6 Å². The number of fused-ring (bicyclic) bond motifs is 1. The van der Waals surface area contributed by atoms with E-state index in [-0.39, 0.29) is 29.4 Å². The normalized spacial score (nSPS) is 25.9. The highest BCUT2D eigenvalue weighted by molar-refractivity contribution is 6.00. The highest BCUT2D eigenvalue weighted by Gasteiger charge is 2.47. The van der Waals surface area contributed by atoms with Crippen LogP contribution in [-0.4, -0.2) is 45.0 Å². The monoisotopic (exact) mass is 510 g/mol. The predicted octanol–water partition coefficient (Wildman–Crippen LogP) is 4.71. The van der Waals surface area contributed by atoms with Crippen molar-refractivity contribution in [1.82, 2.24) is 19.7 Å². The van der Waals surface area contributed by atoms with Gasteiger partial charge in [0.05, 0.1) is 36.4 Å². The van der Waals surface area contributed by atoms with E-state index in [1.54, 1.807) is 7.11 Å². The fraction of sp³-hybridized carbons (Fsp3) is 0.379. The zero-order valence-corrected chi connectivity index (χ0v) is 21.3. The molecular weight excluding hydrogens is 480 g/mol. The van der Waals surface area contributed by atoms with Crippen molar-refractivity contribution in [2.75, 3.05) is 24.8 Å². The van der Waals surface area contributed by atoms with Gasteiger partial charge in [0.2, 0.25) is 5.91 Å². The van der Waals surface area contributed by atoms with E-state index in [0.717, 1.165) is 55.3 Å². The second kappa shape index (κ2) is 8.80. The molecule has 2 unspecified atom stereocenters. The second-order valence-corrected chi connectivity index (χ2v) is 10.7. The molecule has 2 atom stereocenters. The number of aromatic nitrogens is 4. The number of hydrogen-bond acceptors (Lipinski definition) is 7. The molecule has 2 aliphatic carbocycles. The first-order chi connectivity index (χ1) is 18.5. The van der Waals surface area contributed by atoms with E-state index >= 15 is 0 Å². The van der Waals surface area contributed by atoms with Gasteiger partial charge in [-0.1, -0.05) is 36.4 Å². The van der Waals surface area contributed by atoms with E-state index in [1.165, 1.54) is 11.9 Å². The third kappa shape index (κ3) is 3.98. The quantitative estimate of drug-likeness (QED) is 0.360. The molecule has 38 heavy (non-hydrogen) atoms. The predicted molar refractivity (Wildman–Crippen MR) is 144 cm³/mol. The van der Waals surface area contributed by atoms with Gasteiger partial charge in [-0.15, -0.1) is 0 Å². The molecule has 1 aliphatic heterocycles. The number of hydrogen-bond donors (Lipinski definition) is 2. The molecule has 2 aromatic carbocycles. The Hall–Kier alpha value is -3.98. The van der Waals surface area contributed by atoms with Gasteiger partial charge in [0.25, 0.3) is 0 Å². The number of rotatable bonds is 6. The van der Waals surface area contributed by atoms with Crippen molar-refractivity contribution in [3.63, 3.8) is 0 Å². The molecule has 3 fully saturated rings. The first-order valence-corrected chi connectivity index (χ1v) is 13.2. The third-order valence-electron chi connectivity index (χ3n) is 8.37. The lowest BCUT2D eigenvalue weighted by molar-refractivity contribution is -0.117. The summed E-state index contributed by atoms with van der Waals surface area (Å²) in [4.78, 5) is 21.8. The highest BCUT2D eigenvalue weighted by atomic mass is 16.6. The molecular formula is C29H30N6O3. The van der Waals surface area contributed by atoms with Crippen LogP contribution in [0.2, 0.25) is 0 Å². The minimum absolute atomic E-state index is 0.00647. The number of nitrogens with zero attached hydrogens (tertiary/aromatic N) is 4. The van der Waals surface area contributed by atoms with Crippen LogP contribution in [0.15, 0.2) is 54.9 Å². The van der Waals surface area contributed by atoms with Crippen LogP contribution >= 0.6 is 0 Å². The smallest absolute Gasteiger partial charge is 0.228 e. The standard InChI is InChI=1S/C29H30N6O3/c1-37-23-13-18(7-8-22(23)33-28(36)21-14-20(21)17-5-3-2-4-6-17)25-24-26(30)31-16-32-27(24)35(34-25)19-9-11-29(12-10-19)15-38-29/h2-8,13,16,19-21H,9-12,14-15H2,1H3,(H,33,36)(H2,30,31,32). The first kappa shape index (κ1) is 23.2. The van der Waals surface area contributed by atoms with Crippen molar-refractivity contribution in [1.29, 1.82) is 0 Å². The number of ether oxygens (including phenoxy) is 2. The van der Waals surface area contributed by atoms with E-state index in [1.807, 2.05) is 41.1 Å². The Bertz CT molecular complexity index is 1520. The zero-order chi connectivity index (χ0) is 25.9. The van der Waals surface area contributed by atoms with Gasteiger partial charge in [-0.05, 0) is 55.7 Å². The van der Waals surface area contributed by atoms with Crippen molar-refractivity contribution >= 4 is 28.4 Å². The Kier molecular flexibility index (Phi) is 5.36. The molecule has 0 bridgehead atoms. The molecule has 1 spiro atoms. The fourth-order valence-corrected chi connectivity index (χ4v) is 5.94. The van der Waals surface area contributed by atoms with Crippen LogP contribution in [0, 0.1) is 5.92 Å². The average molecular weight is 511 g/mol. The van der Waals surface area contributed by atoms with Crippen molar-refractivity contribution in [2.24, 2.45) is 5.92 Å². The molecule has 9 nitrogen and oxygen atoms in total. The molecule has 3 aliphatic rings. The SMILES string of the molecule is COc1cc(-c2nn(C3CCC4(CC3)CO4)c3ncnc(N)c23)ccc1NC(=O)C1CC1c1ccccc1. The third-order valence-corrected chi connectivity index (χ3v) is 8.37. The van der Waals surface area contributed by atoms with Gasteiger partial charge >= 0.3 is 0 Å². The van der Waals surface area contributed by atoms with Crippen molar-refractivity contribution < 1.29 is 14.3 Å². The van der Waals surface area contributed by atoms with Gasteiger partial charge in [0, 0.05) is 11.5 Å². The second-order valence-electron chi connectivity index (χ2n) is 10.7. The summed E-state index contributed by atoms with van der Waals surface area (Å²) in [5.41, 5.74) is 10.6. The van der Waals surface area contributed by atoms with E-state index in [9.17, 15) is 4.79 Å². The largest absolute Gasteiger partial charge is 0.495 e. The number of nitrogens with two attached hydrogens (primary N) is 1. The average Bonchev–Trinajstić information content (AvgIpc) is 3.87. The lowest BCUT2D eigenvalue weighted by Gasteiger charge is -2.26. The molecule has 2 aromatic heterocycles. The summed E-state index contributed by atoms with van der Waals surface area (Å²) in [5.74, 6) is 1.20. The molecule has 9 heteroatoms. The number of carbonyl (C=O) groups is 1. The summed E-state index contributed by atoms with van der Waals surface area (Å²) in [6.07, 6.45) is 6.38. The van der Waals surface area contributed by atoms with Crippen molar-refractivity contribution in [2.45, 2.75) is 49.7 Å². The summed E-state index contributed by atoms with van der Waals surface area (Å²) in [6, 6.07) is 16.1. The maximum Gasteiger partial charge on any atom is 0.228 e. The maximum atomic E-state index is 13.0. The van der Waals surface area contributed by atoms with Crippen LogP contribution in [0.3, 0.4) is 0 Å². The van der Waals surface area contributed by atoms with Gasteiger partial charge < -0.3 is 20.5 Å². The Labute approximate surface area is 220 Å². The summed E-state index contributed by atoms with van der Waals surface area (Å²) in [6.45, 7) is 0.871. The topological polar surface area (TPSA) is 120 Å². The zero-order valence-electron chi connectivity index (χ0n) is 21.3. The van der Waals surface area contributed by atoms with Gasteiger partial charge in [0.15, 0.2) is 5.65 Å². The number of epoxide rings is 1. The number of nitrogen functional groups attached to an aromatic ring is 1. The van der Waals surface area contributed by atoms with Gasteiger partial charge in [-0.3, -0.25) is 4.79 Å². The summed E-state index contributed by atoms with van der Waals surface area (Å²) < 4.78 is 13.4. The molecule has 3 N–H and O–H groups in total. The number of carbonyl (C=O) groups excluding carboxylic acids is 1. The van der Waals surface area contributed by atoms with Crippen molar-refractivity contribution in [3.05, 3.63) is 60.4 Å². The Morgan fingerprint density at radius 1 is 1.16 bits per heavy atom. The summed E-state index contributed by atoms with van der Waals surface area (Å²) in [7, 11) is 1.60. The molecule has 194 valence electrons. The molecule has 1 saturated heterocycles. The number of amides is 1. The van der Waals surface area contributed by atoms with E-state index in [2.05, 4.69) is 27.4 Å². The molecule has 0 radical (unpaired) electrons. The van der Waals surface area contributed by atoms with Crippen LogP contribution in [-0.2, 0) is 9.53 Å². The molecule has 2 saturated carbocycles. The number of nitrogens with one attached hydrogen (secondary N) is 1. The molecule has 3 heterocycles. The highest BCUT2D eigenvalue weighted by Crippen LogP contribution is 2.49. The van der Waals surface area contributed by atoms with E-state index < -0.39 is 0 Å². The minimum atomic E-state index is -0.0333. The van der Waals surface area contributed by atoms with Crippen LogP contribution < -0.4 is 15.8 Å². The van der Waals surface area contributed by atoms with Gasteiger partial charge in [0.1, 0.15) is 23.6 Å². The van der Waals surface area contributed by atoms with Gasteiger partial charge in [-0.25, -0.2) is 14.6 Å². The Morgan fingerprint density at radius 3 is 2.68 bits per heavy atom. The lowest BCUT2D eigenvalue weighted by Crippen LogP contribution is -2.24. The lowest BCUT2D eigenvalue weighted by atomic mass is 9.86. The molecule has 1 amide bonds.